The maximum absolute atomic E-state index is 11.9. The van der Waals surface area contributed by atoms with Crippen LogP contribution in [0.4, 0.5) is 0 Å². The minimum atomic E-state index is -0.466. The van der Waals surface area contributed by atoms with Gasteiger partial charge in [-0.25, -0.2) is 0 Å². The second-order valence-corrected chi connectivity index (χ2v) is 7.51. The molecule has 28 heavy (non-hydrogen) atoms. The second kappa shape index (κ2) is 20.6. The molecule has 0 aromatic rings. The third-order valence-corrected chi connectivity index (χ3v) is 4.75. The molecule has 0 aliphatic carbocycles. The molecule has 1 atom stereocenters. The number of hydrogen-bond acceptors (Lipinski definition) is 5. The molecular formula is C21H45N5O2. The van der Waals surface area contributed by atoms with E-state index < -0.39 is 6.04 Å². The lowest BCUT2D eigenvalue weighted by Crippen LogP contribution is -2.41. The van der Waals surface area contributed by atoms with Crippen LogP contribution in [-0.4, -0.2) is 50.6 Å². The first-order chi connectivity index (χ1) is 13.6. The van der Waals surface area contributed by atoms with Gasteiger partial charge < -0.3 is 27.4 Å². The number of nitrogens with two attached hydrogens (primary N) is 2. The Morgan fingerprint density at radius 2 is 1.46 bits per heavy atom. The molecule has 0 saturated heterocycles. The van der Waals surface area contributed by atoms with Crippen molar-refractivity contribution in [2.45, 2.75) is 90.0 Å². The van der Waals surface area contributed by atoms with E-state index in [0.29, 0.717) is 25.9 Å². The van der Waals surface area contributed by atoms with E-state index in [1.165, 1.54) is 19.3 Å². The van der Waals surface area contributed by atoms with Crippen LogP contribution in [0, 0.1) is 0 Å². The Kier molecular flexibility index (Phi) is 19.7. The summed E-state index contributed by atoms with van der Waals surface area (Å²) in [6, 6.07) is -0.466. The van der Waals surface area contributed by atoms with Gasteiger partial charge >= 0.3 is 0 Å². The van der Waals surface area contributed by atoms with Gasteiger partial charge in [0, 0.05) is 19.5 Å². The smallest absolute Gasteiger partial charge is 0.236 e. The molecule has 0 aromatic carbocycles. The summed E-state index contributed by atoms with van der Waals surface area (Å²) in [4.78, 5) is 23.7. The van der Waals surface area contributed by atoms with E-state index >= 15 is 0 Å². The van der Waals surface area contributed by atoms with Crippen molar-refractivity contribution in [2.75, 3.05) is 32.7 Å². The normalized spacial score (nSPS) is 12.0. The van der Waals surface area contributed by atoms with Gasteiger partial charge in [-0.2, -0.15) is 0 Å². The van der Waals surface area contributed by atoms with Crippen LogP contribution < -0.4 is 27.4 Å². The lowest BCUT2D eigenvalue weighted by molar-refractivity contribution is -0.123. The highest BCUT2D eigenvalue weighted by atomic mass is 16.2. The van der Waals surface area contributed by atoms with E-state index in [0.717, 1.165) is 64.6 Å². The van der Waals surface area contributed by atoms with Gasteiger partial charge in [0.15, 0.2) is 0 Å². The average molecular weight is 400 g/mol. The van der Waals surface area contributed by atoms with Gasteiger partial charge in [-0.05, 0) is 64.6 Å². The van der Waals surface area contributed by atoms with Crippen LogP contribution in [0.1, 0.15) is 84.0 Å². The molecule has 166 valence electrons. The number of unbranched alkanes of at least 4 members (excludes halogenated alkanes) is 6. The fraction of sp³-hybridized carbons (Fsp3) is 0.905. The molecule has 7 nitrogen and oxygen atoms in total. The monoisotopic (exact) mass is 399 g/mol. The molecule has 0 rings (SSSR count). The van der Waals surface area contributed by atoms with Gasteiger partial charge in [-0.1, -0.05) is 32.6 Å². The highest BCUT2D eigenvalue weighted by Crippen LogP contribution is 2.05. The van der Waals surface area contributed by atoms with Crippen molar-refractivity contribution in [1.29, 1.82) is 0 Å². The summed E-state index contributed by atoms with van der Waals surface area (Å²) in [5, 5.41) is 9.17. The third-order valence-electron chi connectivity index (χ3n) is 4.75. The highest BCUT2D eigenvalue weighted by Gasteiger charge is 2.12. The molecule has 0 saturated carbocycles. The fourth-order valence-electron chi connectivity index (χ4n) is 2.90. The summed E-state index contributed by atoms with van der Waals surface area (Å²) < 4.78 is 0. The summed E-state index contributed by atoms with van der Waals surface area (Å²) in [7, 11) is 0. The second-order valence-electron chi connectivity index (χ2n) is 7.51. The Labute approximate surface area is 172 Å². The number of carbonyl (C=O) groups is 2. The van der Waals surface area contributed by atoms with Gasteiger partial charge in [-0.3, -0.25) is 9.59 Å². The number of rotatable bonds is 20. The van der Waals surface area contributed by atoms with Crippen LogP contribution in [0.5, 0.6) is 0 Å². The number of hydrogen-bond donors (Lipinski definition) is 5. The van der Waals surface area contributed by atoms with Crippen molar-refractivity contribution in [2.24, 2.45) is 11.5 Å². The maximum Gasteiger partial charge on any atom is 0.236 e. The van der Waals surface area contributed by atoms with Gasteiger partial charge in [0.2, 0.25) is 11.8 Å². The van der Waals surface area contributed by atoms with Crippen molar-refractivity contribution in [1.82, 2.24) is 16.0 Å². The minimum Gasteiger partial charge on any atom is -0.356 e. The average Bonchev–Trinajstić information content (AvgIpc) is 2.69. The molecule has 0 unspecified atom stereocenters. The number of nitrogens with one attached hydrogen (secondary N) is 3. The zero-order valence-electron chi connectivity index (χ0n) is 18.1. The number of amides is 2. The van der Waals surface area contributed by atoms with Crippen molar-refractivity contribution in [3.05, 3.63) is 0 Å². The first kappa shape index (κ1) is 26.8. The van der Waals surface area contributed by atoms with E-state index in [9.17, 15) is 9.59 Å². The van der Waals surface area contributed by atoms with Crippen LogP contribution in [0.2, 0.25) is 0 Å². The third kappa shape index (κ3) is 18.2. The molecule has 7 heteroatoms. The van der Waals surface area contributed by atoms with Gasteiger partial charge in [0.05, 0.1) is 6.04 Å². The Balaban J connectivity index is 3.46. The van der Waals surface area contributed by atoms with Crippen LogP contribution in [0.3, 0.4) is 0 Å². The fourth-order valence-corrected chi connectivity index (χ4v) is 2.90. The molecular weight excluding hydrogens is 354 g/mol. The SMILES string of the molecule is CCCCCCCC(=O)NCCCC[C@H](N)C(=O)NCCCNCCCCN. The Morgan fingerprint density at radius 3 is 2.21 bits per heavy atom. The summed E-state index contributed by atoms with van der Waals surface area (Å²) >= 11 is 0. The Hall–Kier alpha value is -1.18. The van der Waals surface area contributed by atoms with E-state index in [4.69, 9.17) is 11.5 Å². The first-order valence-corrected chi connectivity index (χ1v) is 11.3. The predicted octanol–water partition coefficient (Wildman–Crippen LogP) is 1.80. The minimum absolute atomic E-state index is 0.0840. The molecule has 0 aromatic heterocycles. The first-order valence-electron chi connectivity index (χ1n) is 11.3. The summed E-state index contributed by atoms with van der Waals surface area (Å²) in [6.07, 6.45) is 11.8. The molecule has 0 bridgehead atoms. The van der Waals surface area contributed by atoms with Crippen molar-refractivity contribution in [3.63, 3.8) is 0 Å². The van der Waals surface area contributed by atoms with E-state index in [2.05, 4.69) is 22.9 Å². The lowest BCUT2D eigenvalue weighted by Gasteiger charge is -2.12. The quantitative estimate of drug-likeness (QED) is 0.200. The standard InChI is InChI=1S/C21H45N5O2/c1-2-3-4-5-6-13-20(27)25-17-9-7-12-19(23)21(28)26-18-11-16-24-15-10-8-14-22/h19,24H,2-18,22-23H2,1H3,(H,25,27)(H,26,28)/t19-/m0/s1. The molecule has 0 spiro atoms. The summed E-state index contributed by atoms with van der Waals surface area (Å²) in [5.41, 5.74) is 11.4. The van der Waals surface area contributed by atoms with Crippen LogP contribution in [-0.2, 0) is 9.59 Å². The van der Waals surface area contributed by atoms with Crippen LogP contribution in [0.15, 0.2) is 0 Å². The topological polar surface area (TPSA) is 122 Å². The van der Waals surface area contributed by atoms with Crippen molar-refractivity contribution >= 4 is 11.8 Å². The maximum atomic E-state index is 11.9. The molecule has 0 aliphatic heterocycles. The zero-order chi connectivity index (χ0) is 20.9. The Morgan fingerprint density at radius 1 is 0.786 bits per heavy atom. The molecule has 0 aliphatic rings. The van der Waals surface area contributed by atoms with Crippen LogP contribution >= 0.6 is 0 Å². The zero-order valence-corrected chi connectivity index (χ0v) is 18.1. The van der Waals surface area contributed by atoms with E-state index in [1.54, 1.807) is 0 Å². The van der Waals surface area contributed by atoms with Crippen LogP contribution in [0.25, 0.3) is 0 Å². The number of carbonyl (C=O) groups excluding carboxylic acids is 2. The molecule has 0 heterocycles. The van der Waals surface area contributed by atoms with Crippen molar-refractivity contribution in [3.8, 4) is 0 Å². The van der Waals surface area contributed by atoms with Crippen molar-refractivity contribution < 1.29 is 9.59 Å². The predicted molar refractivity (Wildman–Crippen MR) is 117 cm³/mol. The molecule has 0 radical (unpaired) electrons. The van der Waals surface area contributed by atoms with E-state index in [-0.39, 0.29) is 11.8 Å². The Bertz CT molecular complexity index is 380. The van der Waals surface area contributed by atoms with Gasteiger partial charge in [0.25, 0.3) is 0 Å². The lowest BCUT2D eigenvalue weighted by atomic mass is 10.1. The molecule has 7 N–H and O–H groups in total. The molecule has 2 amide bonds. The summed E-state index contributed by atoms with van der Waals surface area (Å²) in [6.45, 7) is 6.09. The largest absolute Gasteiger partial charge is 0.356 e. The summed E-state index contributed by atoms with van der Waals surface area (Å²) in [5.74, 6) is 0.0504. The van der Waals surface area contributed by atoms with Gasteiger partial charge in [-0.15, -0.1) is 0 Å². The molecule has 0 fully saturated rings. The van der Waals surface area contributed by atoms with E-state index in [1.807, 2.05) is 0 Å². The van der Waals surface area contributed by atoms with Gasteiger partial charge in [0.1, 0.15) is 0 Å². The highest BCUT2D eigenvalue weighted by molar-refractivity contribution is 5.81.